The van der Waals surface area contributed by atoms with Crippen molar-refractivity contribution < 1.29 is 0 Å². The van der Waals surface area contributed by atoms with Crippen LogP contribution in [0.15, 0.2) is 36.4 Å². The lowest BCUT2D eigenvalue weighted by atomic mass is 10.0. The number of rotatable bonds is 1. The molecule has 0 unspecified atom stereocenters. The van der Waals surface area contributed by atoms with Crippen molar-refractivity contribution in [2.75, 3.05) is 19.0 Å². The number of fused-ring (bicyclic) bond motifs is 1. The van der Waals surface area contributed by atoms with E-state index in [1.807, 2.05) is 13.8 Å². The Labute approximate surface area is 98.7 Å². The fourth-order valence-electron chi connectivity index (χ4n) is 1.82. The second-order valence-electron chi connectivity index (χ2n) is 3.84. The van der Waals surface area contributed by atoms with Gasteiger partial charge in [-0.3, -0.25) is 0 Å². The first kappa shape index (κ1) is 12.6. The minimum absolute atomic E-state index is 1.28. The molecule has 2 aromatic rings. The maximum Gasteiger partial charge on any atom is 0.0440 e. The molecule has 0 atom stereocenters. The van der Waals surface area contributed by atoms with Crippen molar-refractivity contribution in [1.29, 1.82) is 0 Å². The van der Waals surface area contributed by atoms with E-state index in [1.54, 1.807) is 0 Å². The predicted molar refractivity (Wildman–Crippen MR) is 74.4 cm³/mol. The largest absolute Gasteiger partial charge is 0.377 e. The molecule has 16 heavy (non-hydrogen) atoms. The zero-order chi connectivity index (χ0) is 12.1. The van der Waals surface area contributed by atoms with Gasteiger partial charge >= 0.3 is 0 Å². The Kier molecular flexibility index (Phi) is 4.36. The molecule has 0 saturated heterocycles. The number of aryl methyl sites for hydroxylation is 1. The molecule has 86 valence electrons. The molecule has 2 aromatic carbocycles. The summed E-state index contributed by atoms with van der Waals surface area (Å²) in [6.07, 6.45) is 0. The average Bonchev–Trinajstić information content (AvgIpc) is 2.32. The van der Waals surface area contributed by atoms with Crippen LogP contribution in [0.25, 0.3) is 10.8 Å². The van der Waals surface area contributed by atoms with E-state index in [1.165, 1.54) is 22.0 Å². The Morgan fingerprint density at radius 3 is 1.94 bits per heavy atom. The van der Waals surface area contributed by atoms with Crippen molar-refractivity contribution in [1.82, 2.24) is 0 Å². The second kappa shape index (κ2) is 5.55. The molecular weight excluding hydrogens is 194 g/mol. The van der Waals surface area contributed by atoms with Crippen molar-refractivity contribution >= 4 is 16.5 Å². The van der Waals surface area contributed by atoms with Crippen LogP contribution in [-0.4, -0.2) is 14.1 Å². The summed E-state index contributed by atoms with van der Waals surface area (Å²) in [5, 5.41) is 2.68. The zero-order valence-electron chi connectivity index (χ0n) is 10.9. The summed E-state index contributed by atoms with van der Waals surface area (Å²) in [7, 11) is 4.16. The van der Waals surface area contributed by atoms with Gasteiger partial charge in [0, 0.05) is 25.2 Å². The zero-order valence-corrected chi connectivity index (χ0v) is 10.9. The summed E-state index contributed by atoms with van der Waals surface area (Å²) in [4.78, 5) is 2.15. The van der Waals surface area contributed by atoms with Gasteiger partial charge in [0.25, 0.3) is 0 Å². The highest BCUT2D eigenvalue weighted by molar-refractivity contribution is 5.96. The smallest absolute Gasteiger partial charge is 0.0440 e. The Bertz CT molecular complexity index is 458. The quantitative estimate of drug-likeness (QED) is 0.687. The molecule has 0 aliphatic heterocycles. The van der Waals surface area contributed by atoms with Gasteiger partial charge in [-0.05, 0) is 23.9 Å². The van der Waals surface area contributed by atoms with Gasteiger partial charge in [0.2, 0.25) is 0 Å². The maximum atomic E-state index is 2.18. The van der Waals surface area contributed by atoms with E-state index in [0.29, 0.717) is 0 Å². The molecule has 0 fully saturated rings. The van der Waals surface area contributed by atoms with Crippen molar-refractivity contribution in [3.8, 4) is 0 Å². The fourth-order valence-corrected chi connectivity index (χ4v) is 1.82. The number of benzene rings is 2. The van der Waals surface area contributed by atoms with Gasteiger partial charge < -0.3 is 4.90 Å². The molecule has 0 N–H and O–H groups in total. The molecule has 0 aliphatic carbocycles. The third-order valence-corrected chi connectivity index (χ3v) is 2.60. The first-order chi connectivity index (χ1) is 7.70. The Morgan fingerprint density at radius 2 is 1.38 bits per heavy atom. The molecule has 0 heterocycles. The lowest BCUT2D eigenvalue weighted by Crippen LogP contribution is -2.09. The summed E-state index contributed by atoms with van der Waals surface area (Å²) < 4.78 is 0. The Hall–Kier alpha value is -1.50. The molecule has 0 saturated carbocycles. The number of anilines is 1. The predicted octanol–water partition coefficient (Wildman–Crippen LogP) is 4.24. The molecule has 0 radical (unpaired) electrons. The first-order valence-electron chi connectivity index (χ1n) is 5.86. The summed E-state index contributed by atoms with van der Waals surface area (Å²) in [6, 6.07) is 12.9. The summed E-state index contributed by atoms with van der Waals surface area (Å²) in [5.74, 6) is 0. The molecule has 0 spiro atoms. The standard InChI is InChI=1S/C13H15N.C2H6/c1-10-8-9-13(14(2)3)12-7-5-4-6-11(10)12;1-2/h4-9H,1-3H3;1-2H3. The van der Waals surface area contributed by atoms with Gasteiger partial charge in [-0.15, -0.1) is 0 Å². The van der Waals surface area contributed by atoms with Crippen molar-refractivity contribution in [3.05, 3.63) is 42.0 Å². The SMILES string of the molecule is CC.Cc1ccc(N(C)C)c2ccccc12. The molecule has 2 rings (SSSR count). The molecular formula is C15H21N. The number of nitrogens with zero attached hydrogens (tertiary/aromatic N) is 1. The van der Waals surface area contributed by atoms with E-state index in [2.05, 4.69) is 62.3 Å². The van der Waals surface area contributed by atoms with Gasteiger partial charge in [0.15, 0.2) is 0 Å². The van der Waals surface area contributed by atoms with Crippen LogP contribution in [0.2, 0.25) is 0 Å². The topological polar surface area (TPSA) is 3.24 Å². The van der Waals surface area contributed by atoms with Crippen LogP contribution in [0.5, 0.6) is 0 Å². The van der Waals surface area contributed by atoms with E-state index < -0.39 is 0 Å². The van der Waals surface area contributed by atoms with Crippen molar-refractivity contribution in [3.63, 3.8) is 0 Å². The van der Waals surface area contributed by atoms with E-state index in [4.69, 9.17) is 0 Å². The summed E-state index contributed by atoms with van der Waals surface area (Å²) in [6.45, 7) is 6.15. The Morgan fingerprint density at radius 1 is 0.812 bits per heavy atom. The maximum absolute atomic E-state index is 2.18. The lowest BCUT2D eigenvalue weighted by molar-refractivity contribution is 1.14. The van der Waals surface area contributed by atoms with Crippen LogP contribution in [0.3, 0.4) is 0 Å². The molecule has 1 nitrogen and oxygen atoms in total. The van der Waals surface area contributed by atoms with Gasteiger partial charge in [-0.25, -0.2) is 0 Å². The second-order valence-corrected chi connectivity index (χ2v) is 3.84. The summed E-state index contributed by atoms with van der Waals surface area (Å²) >= 11 is 0. The van der Waals surface area contributed by atoms with Gasteiger partial charge in [0.05, 0.1) is 0 Å². The molecule has 1 heteroatoms. The molecule has 0 aromatic heterocycles. The van der Waals surface area contributed by atoms with Gasteiger partial charge in [-0.1, -0.05) is 44.2 Å². The third-order valence-electron chi connectivity index (χ3n) is 2.60. The van der Waals surface area contributed by atoms with Crippen LogP contribution < -0.4 is 4.90 Å². The number of hydrogen-bond acceptors (Lipinski definition) is 1. The average molecular weight is 215 g/mol. The van der Waals surface area contributed by atoms with Crippen LogP contribution in [0.4, 0.5) is 5.69 Å². The van der Waals surface area contributed by atoms with E-state index >= 15 is 0 Å². The molecule has 0 bridgehead atoms. The van der Waals surface area contributed by atoms with Gasteiger partial charge in [0.1, 0.15) is 0 Å². The fraction of sp³-hybridized carbons (Fsp3) is 0.333. The van der Waals surface area contributed by atoms with Crippen LogP contribution in [0.1, 0.15) is 19.4 Å². The normalized spacial score (nSPS) is 9.56. The molecule has 0 aliphatic rings. The van der Waals surface area contributed by atoms with E-state index in [0.717, 1.165) is 0 Å². The van der Waals surface area contributed by atoms with Crippen LogP contribution >= 0.6 is 0 Å². The lowest BCUT2D eigenvalue weighted by Gasteiger charge is -2.16. The first-order valence-corrected chi connectivity index (χ1v) is 5.86. The summed E-state index contributed by atoms with van der Waals surface area (Å²) in [5.41, 5.74) is 2.62. The minimum Gasteiger partial charge on any atom is -0.377 e. The highest BCUT2D eigenvalue weighted by Gasteiger charge is 2.03. The number of hydrogen-bond donors (Lipinski definition) is 0. The Balaban J connectivity index is 0.000000606. The van der Waals surface area contributed by atoms with Crippen molar-refractivity contribution in [2.45, 2.75) is 20.8 Å². The van der Waals surface area contributed by atoms with E-state index in [9.17, 15) is 0 Å². The van der Waals surface area contributed by atoms with E-state index in [-0.39, 0.29) is 0 Å². The van der Waals surface area contributed by atoms with Crippen LogP contribution in [0, 0.1) is 6.92 Å². The van der Waals surface area contributed by atoms with Crippen LogP contribution in [-0.2, 0) is 0 Å². The van der Waals surface area contributed by atoms with Crippen molar-refractivity contribution in [2.24, 2.45) is 0 Å². The highest BCUT2D eigenvalue weighted by Crippen LogP contribution is 2.27. The monoisotopic (exact) mass is 215 g/mol. The van der Waals surface area contributed by atoms with Gasteiger partial charge in [-0.2, -0.15) is 0 Å². The minimum atomic E-state index is 1.28. The third kappa shape index (κ3) is 2.35. The highest BCUT2D eigenvalue weighted by atomic mass is 15.1. The molecule has 0 amide bonds.